The van der Waals surface area contributed by atoms with Gasteiger partial charge in [0.2, 0.25) is 5.91 Å². The van der Waals surface area contributed by atoms with E-state index in [4.69, 9.17) is 4.74 Å². The molecule has 2 fully saturated rings. The van der Waals surface area contributed by atoms with Crippen molar-refractivity contribution in [3.63, 3.8) is 0 Å². The summed E-state index contributed by atoms with van der Waals surface area (Å²) in [6.45, 7) is 6.31. The van der Waals surface area contributed by atoms with Gasteiger partial charge in [-0.3, -0.25) is 9.69 Å². The molecular formula is C18H29Cl2N3O2. The van der Waals surface area contributed by atoms with Crippen molar-refractivity contribution in [2.45, 2.75) is 38.4 Å². The van der Waals surface area contributed by atoms with E-state index in [2.05, 4.69) is 39.8 Å². The van der Waals surface area contributed by atoms with Gasteiger partial charge in [-0.05, 0) is 30.5 Å². The van der Waals surface area contributed by atoms with Crippen LogP contribution in [0.2, 0.25) is 0 Å². The molecule has 0 radical (unpaired) electrons. The normalized spacial score (nSPS) is 20.4. The third-order valence-corrected chi connectivity index (χ3v) is 4.62. The van der Waals surface area contributed by atoms with Crippen LogP contribution in [0.5, 0.6) is 0 Å². The van der Waals surface area contributed by atoms with E-state index in [0.29, 0.717) is 19.0 Å². The minimum absolute atomic E-state index is 0. The smallest absolute Gasteiger partial charge is 0.221 e. The fourth-order valence-corrected chi connectivity index (χ4v) is 3.21. The average molecular weight is 390 g/mol. The van der Waals surface area contributed by atoms with Crippen molar-refractivity contribution in [3.05, 3.63) is 35.4 Å². The quantitative estimate of drug-likeness (QED) is 0.782. The predicted molar refractivity (Wildman–Crippen MR) is 105 cm³/mol. The van der Waals surface area contributed by atoms with E-state index in [1.54, 1.807) is 0 Å². The maximum Gasteiger partial charge on any atom is 0.221 e. The van der Waals surface area contributed by atoms with E-state index in [1.165, 1.54) is 12.0 Å². The lowest BCUT2D eigenvalue weighted by molar-refractivity contribution is -0.121. The summed E-state index contributed by atoms with van der Waals surface area (Å²) in [5.74, 6) is 0.141. The summed E-state index contributed by atoms with van der Waals surface area (Å²) in [5.41, 5.74) is 2.47. The Bertz CT molecular complexity index is 502. The van der Waals surface area contributed by atoms with Gasteiger partial charge >= 0.3 is 0 Å². The third-order valence-electron chi connectivity index (χ3n) is 4.62. The first-order chi connectivity index (χ1) is 11.3. The minimum atomic E-state index is 0. The van der Waals surface area contributed by atoms with Crippen molar-refractivity contribution < 1.29 is 9.53 Å². The molecule has 0 aromatic heterocycles. The van der Waals surface area contributed by atoms with Crippen molar-refractivity contribution in [1.29, 1.82) is 0 Å². The van der Waals surface area contributed by atoms with Gasteiger partial charge < -0.3 is 15.4 Å². The highest BCUT2D eigenvalue weighted by atomic mass is 35.5. The first-order valence-electron chi connectivity index (χ1n) is 8.67. The Labute approximate surface area is 162 Å². The second-order valence-electron chi connectivity index (χ2n) is 6.48. The number of rotatable bonds is 6. The number of amides is 1. The third kappa shape index (κ3) is 7.50. The standard InChI is InChI=1S/C18H27N3O2.2ClH/c22-18(12-17-2-1-7-19-17)20-13-15-3-5-16(6-4-15)14-21-8-10-23-11-9-21;;/h3-6,17,19H,1-2,7-14H2,(H,20,22);2*1H. The molecule has 1 aromatic rings. The van der Waals surface area contributed by atoms with Crippen LogP contribution in [0.3, 0.4) is 0 Å². The summed E-state index contributed by atoms with van der Waals surface area (Å²) in [5, 5.41) is 6.38. The molecule has 1 aromatic carbocycles. The number of carbonyl (C=O) groups excluding carboxylic acids is 1. The van der Waals surface area contributed by atoms with Crippen LogP contribution in [0.4, 0.5) is 0 Å². The minimum Gasteiger partial charge on any atom is -0.379 e. The molecule has 0 saturated carbocycles. The summed E-state index contributed by atoms with van der Waals surface area (Å²) in [4.78, 5) is 14.3. The van der Waals surface area contributed by atoms with Crippen molar-refractivity contribution >= 4 is 30.7 Å². The number of nitrogens with zero attached hydrogens (tertiary/aromatic N) is 1. The Kier molecular flexibility index (Phi) is 10.4. The van der Waals surface area contributed by atoms with Gasteiger partial charge in [-0.15, -0.1) is 24.8 Å². The average Bonchev–Trinajstić information content (AvgIpc) is 3.08. The summed E-state index contributed by atoms with van der Waals surface area (Å²) in [7, 11) is 0. The molecule has 7 heteroatoms. The van der Waals surface area contributed by atoms with Gasteiger partial charge in [0.25, 0.3) is 0 Å². The van der Waals surface area contributed by atoms with Crippen LogP contribution in [0.1, 0.15) is 30.4 Å². The largest absolute Gasteiger partial charge is 0.379 e. The molecule has 142 valence electrons. The van der Waals surface area contributed by atoms with Crippen LogP contribution >= 0.6 is 24.8 Å². The summed E-state index contributed by atoms with van der Waals surface area (Å²) in [6.07, 6.45) is 2.89. The van der Waals surface area contributed by atoms with Crippen LogP contribution in [-0.2, 0) is 22.6 Å². The Hall–Kier alpha value is -0.850. The number of hydrogen-bond donors (Lipinski definition) is 2. The molecule has 3 rings (SSSR count). The molecule has 2 saturated heterocycles. The van der Waals surface area contributed by atoms with Gasteiger partial charge in [-0.25, -0.2) is 0 Å². The second-order valence-corrected chi connectivity index (χ2v) is 6.48. The van der Waals surface area contributed by atoms with Crippen LogP contribution in [0, 0.1) is 0 Å². The van der Waals surface area contributed by atoms with Gasteiger partial charge in [0, 0.05) is 38.6 Å². The lowest BCUT2D eigenvalue weighted by Crippen LogP contribution is -2.35. The molecule has 0 aliphatic carbocycles. The van der Waals surface area contributed by atoms with Crippen molar-refractivity contribution in [2.75, 3.05) is 32.8 Å². The number of benzene rings is 1. The van der Waals surface area contributed by atoms with E-state index in [1.807, 2.05) is 0 Å². The SMILES string of the molecule is Cl.Cl.O=C(CC1CCCN1)NCc1ccc(CN2CCOCC2)cc1. The lowest BCUT2D eigenvalue weighted by atomic mass is 10.1. The fourth-order valence-electron chi connectivity index (χ4n) is 3.21. The number of ether oxygens (including phenoxy) is 1. The van der Waals surface area contributed by atoms with E-state index >= 15 is 0 Å². The van der Waals surface area contributed by atoms with Gasteiger partial charge in [-0.1, -0.05) is 24.3 Å². The molecule has 1 atom stereocenters. The Morgan fingerprint density at radius 3 is 2.48 bits per heavy atom. The maximum atomic E-state index is 11.9. The highest BCUT2D eigenvalue weighted by Crippen LogP contribution is 2.10. The van der Waals surface area contributed by atoms with Crippen LogP contribution < -0.4 is 10.6 Å². The molecule has 0 bridgehead atoms. The molecule has 25 heavy (non-hydrogen) atoms. The van der Waals surface area contributed by atoms with E-state index < -0.39 is 0 Å². The number of morpholine rings is 1. The molecule has 2 N–H and O–H groups in total. The van der Waals surface area contributed by atoms with Crippen LogP contribution in [0.15, 0.2) is 24.3 Å². The number of hydrogen-bond acceptors (Lipinski definition) is 4. The predicted octanol–water partition coefficient (Wildman–Crippen LogP) is 2.12. The Morgan fingerprint density at radius 1 is 1.16 bits per heavy atom. The van der Waals surface area contributed by atoms with E-state index in [9.17, 15) is 4.79 Å². The molecular weight excluding hydrogens is 361 g/mol. The topological polar surface area (TPSA) is 53.6 Å². The molecule has 5 nitrogen and oxygen atoms in total. The number of nitrogens with one attached hydrogen (secondary N) is 2. The van der Waals surface area contributed by atoms with E-state index in [0.717, 1.165) is 51.4 Å². The molecule has 0 spiro atoms. The number of carbonyl (C=O) groups is 1. The first-order valence-corrected chi connectivity index (χ1v) is 8.67. The van der Waals surface area contributed by atoms with Crippen molar-refractivity contribution in [3.8, 4) is 0 Å². The molecule has 2 heterocycles. The lowest BCUT2D eigenvalue weighted by Gasteiger charge is -2.26. The zero-order valence-electron chi connectivity index (χ0n) is 14.5. The summed E-state index contributed by atoms with van der Waals surface area (Å²) < 4.78 is 5.37. The van der Waals surface area contributed by atoms with Crippen molar-refractivity contribution in [1.82, 2.24) is 15.5 Å². The molecule has 1 amide bonds. The number of halogens is 2. The van der Waals surface area contributed by atoms with Crippen LogP contribution in [0.25, 0.3) is 0 Å². The highest BCUT2D eigenvalue weighted by molar-refractivity contribution is 5.85. The van der Waals surface area contributed by atoms with Crippen molar-refractivity contribution in [2.24, 2.45) is 0 Å². The maximum absolute atomic E-state index is 11.9. The zero-order valence-corrected chi connectivity index (χ0v) is 16.2. The molecule has 2 aliphatic heterocycles. The van der Waals surface area contributed by atoms with Crippen LogP contribution in [-0.4, -0.2) is 49.7 Å². The summed E-state index contributed by atoms with van der Waals surface area (Å²) in [6, 6.07) is 8.92. The van der Waals surface area contributed by atoms with Gasteiger partial charge in [0.1, 0.15) is 0 Å². The summed E-state index contributed by atoms with van der Waals surface area (Å²) >= 11 is 0. The zero-order chi connectivity index (χ0) is 15.9. The van der Waals surface area contributed by atoms with Gasteiger partial charge in [0.05, 0.1) is 13.2 Å². The van der Waals surface area contributed by atoms with Gasteiger partial charge in [0.15, 0.2) is 0 Å². The molecule has 1 unspecified atom stereocenters. The monoisotopic (exact) mass is 389 g/mol. The Morgan fingerprint density at radius 2 is 1.84 bits per heavy atom. The molecule has 2 aliphatic rings. The van der Waals surface area contributed by atoms with E-state index in [-0.39, 0.29) is 30.7 Å². The fraction of sp³-hybridized carbons (Fsp3) is 0.611. The first kappa shape index (κ1) is 22.2. The second kappa shape index (κ2) is 11.7. The highest BCUT2D eigenvalue weighted by Gasteiger charge is 2.17. The Balaban J connectivity index is 0.00000156. The van der Waals surface area contributed by atoms with Gasteiger partial charge in [-0.2, -0.15) is 0 Å².